The van der Waals surface area contributed by atoms with E-state index in [1.807, 2.05) is 0 Å². The predicted octanol–water partition coefficient (Wildman–Crippen LogP) is 2.04. The highest BCUT2D eigenvalue weighted by molar-refractivity contribution is 5.98. The largest absolute Gasteiger partial charge is 0.480 e. The molecular formula is C17H21N3O4. The van der Waals surface area contributed by atoms with Crippen molar-refractivity contribution in [1.29, 1.82) is 0 Å². The van der Waals surface area contributed by atoms with Gasteiger partial charge in [0.2, 0.25) is 0 Å². The molecule has 0 bridgehead atoms. The second kappa shape index (κ2) is 6.51. The predicted molar refractivity (Wildman–Crippen MR) is 87.6 cm³/mol. The van der Waals surface area contributed by atoms with Crippen molar-refractivity contribution in [2.75, 3.05) is 5.32 Å². The molecule has 0 aromatic heterocycles. The molecule has 0 spiro atoms. The lowest BCUT2D eigenvalue weighted by atomic mass is 9.84. The van der Waals surface area contributed by atoms with Gasteiger partial charge in [-0.25, -0.2) is 9.59 Å². The molecule has 24 heavy (non-hydrogen) atoms. The fraction of sp³-hybridized carbons (Fsp3) is 0.471. The van der Waals surface area contributed by atoms with Crippen LogP contribution in [0.3, 0.4) is 0 Å². The Kier molecular flexibility index (Phi) is 4.42. The number of carbonyl (C=O) groups excluding carboxylic acids is 2. The van der Waals surface area contributed by atoms with Crippen LogP contribution < -0.4 is 11.1 Å². The van der Waals surface area contributed by atoms with E-state index in [0.29, 0.717) is 17.7 Å². The summed E-state index contributed by atoms with van der Waals surface area (Å²) in [6.45, 7) is 0. The third-order valence-corrected chi connectivity index (χ3v) is 5.01. The van der Waals surface area contributed by atoms with Crippen molar-refractivity contribution in [2.45, 2.75) is 44.2 Å². The molecule has 1 aliphatic heterocycles. The van der Waals surface area contributed by atoms with Crippen LogP contribution in [0.15, 0.2) is 24.3 Å². The van der Waals surface area contributed by atoms with E-state index in [1.165, 1.54) is 0 Å². The van der Waals surface area contributed by atoms with Gasteiger partial charge in [0.1, 0.15) is 6.04 Å². The number of carboxylic acid groups (broad SMARTS) is 1. The van der Waals surface area contributed by atoms with Gasteiger partial charge in [-0.05, 0) is 49.4 Å². The Balaban J connectivity index is 1.83. The molecule has 1 aromatic rings. The first-order chi connectivity index (χ1) is 11.5. The molecule has 1 saturated carbocycles. The van der Waals surface area contributed by atoms with Crippen LogP contribution in [-0.2, 0) is 4.79 Å². The second-order valence-electron chi connectivity index (χ2n) is 6.48. The van der Waals surface area contributed by atoms with Crippen LogP contribution in [-0.4, -0.2) is 40.0 Å². The highest BCUT2D eigenvalue weighted by Gasteiger charge is 2.47. The van der Waals surface area contributed by atoms with Gasteiger partial charge in [-0.3, -0.25) is 4.79 Å². The van der Waals surface area contributed by atoms with Crippen LogP contribution in [0.1, 0.15) is 42.5 Å². The molecule has 1 heterocycles. The van der Waals surface area contributed by atoms with Gasteiger partial charge in [-0.15, -0.1) is 0 Å². The number of hydrogen-bond acceptors (Lipinski definition) is 3. The van der Waals surface area contributed by atoms with E-state index in [-0.39, 0.29) is 17.9 Å². The number of nitrogens with two attached hydrogens (primary N) is 1. The number of anilines is 1. The number of carbonyl (C=O) groups is 3. The van der Waals surface area contributed by atoms with Gasteiger partial charge < -0.3 is 21.1 Å². The first-order valence-corrected chi connectivity index (χ1v) is 8.19. The number of aliphatic carboxylic acids is 1. The van der Waals surface area contributed by atoms with E-state index in [2.05, 4.69) is 5.32 Å². The van der Waals surface area contributed by atoms with Crippen molar-refractivity contribution in [3.8, 4) is 0 Å². The van der Waals surface area contributed by atoms with E-state index >= 15 is 0 Å². The van der Waals surface area contributed by atoms with Crippen LogP contribution in [0.25, 0.3) is 0 Å². The van der Waals surface area contributed by atoms with Crippen LogP contribution in [0.5, 0.6) is 0 Å². The molecule has 0 radical (unpaired) electrons. The Morgan fingerprint density at radius 1 is 1.12 bits per heavy atom. The number of primary amides is 1. The number of benzene rings is 1. The molecule has 2 aliphatic rings. The number of carboxylic acids is 1. The van der Waals surface area contributed by atoms with Crippen molar-refractivity contribution in [3.63, 3.8) is 0 Å². The number of likely N-dealkylation sites (tertiary alicyclic amines) is 1. The minimum atomic E-state index is -0.940. The monoisotopic (exact) mass is 331 g/mol. The highest BCUT2D eigenvalue weighted by Crippen LogP contribution is 2.40. The zero-order valence-electron chi connectivity index (χ0n) is 13.3. The highest BCUT2D eigenvalue weighted by atomic mass is 16.4. The minimum Gasteiger partial charge on any atom is -0.480 e. The fourth-order valence-electron chi connectivity index (χ4n) is 3.96. The van der Waals surface area contributed by atoms with Gasteiger partial charge >= 0.3 is 12.0 Å². The number of nitrogens with one attached hydrogen (secondary N) is 1. The number of hydrogen-bond donors (Lipinski definition) is 3. The third kappa shape index (κ3) is 3.06. The van der Waals surface area contributed by atoms with E-state index in [1.54, 1.807) is 29.2 Å². The molecule has 3 unspecified atom stereocenters. The van der Waals surface area contributed by atoms with Gasteiger partial charge in [0.15, 0.2) is 0 Å². The second-order valence-corrected chi connectivity index (χ2v) is 6.48. The quantitative estimate of drug-likeness (QED) is 0.786. The number of fused-ring (bicyclic) bond motifs is 1. The Morgan fingerprint density at radius 3 is 2.42 bits per heavy atom. The minimum absolute atomic E-state index is 0.00997. The van der Waals surface area contributed by atoms with Gasteiger partial charge in [0, 0.05) is 17.3 Å². The number of amides is 3. The number of rotatable bonds is 3. The molecule has 1 aliphatic carbocycles. The van der Waals surface area contributed by atoms with Crippen molar-refractivity contribution in [3.05, 3.63) is 29.8 Å². The lowest BCUT2D eigenvalue weighted by molar-refractivity contribution is -0.141. The van der Waals surface area contributed by atoms with Gasteiger partial charge in [-0.2, -0.15) is 0 Å². The Morgan fingerprint density at radius 2 is 1.79 bits per heavy atom. The first kappa shape index (κ1) is 16.3. The Bertz CT molecular complexity index is 658. The molecule has 4 N–H and O–H groups in total. The van der Waals surface area contributed by atoms with Gasteiger partial charge in [0.25, 0.3) is 5.91 Å². The van der Waals surface area contributed by atoms with E-state index in [0.717, 1.165) is 25.7 Å². The Hall–Kier alpha value is -2.57. The molecule has 1 saturated heterocycles. The summed E-state index contributed by atoms with van der Waals surface area (Å²) in [7, 11) is 0. The van der Waals surface area contributed by atoms with E-state index in [4.69, 9.17) is 5.73 Å². The zero-order chi connectivity index (χ0) is 17.3. The summed E-state index contributed by atoms with van der Waals surface area (Å²) >= 11 is 0. The topological polar surface area (TPSA) is 113 Å². The molecule has 3 atom stereocenters. The van der Waals surface area contributed by atoms with Crippen LogP contribution in [0.4, 0.5) is 10.5 Å². The van der Waals surface area contributed by atoms with Crippen molar-refractivity contribution in [1.82, 2.24) is 4.90 Å². The van der Waals surface area contributed by atoms with E-state index < -0.39 is 18.0 Å². The molecule has 3 amide bonds. The van der Waals surface area contributed by atoms with Crippen LogP contribution in [0, 0.1) is 5.92 Å². The summed E-state index contributed by atoms with van der Waals surface area (Å²) in [5, 5.41) is 11.9. The number of urea groups is 1. The molecular weight excluding hydrogens is 310 g/mol. The fourth-order valence-corrected chi connectivity index (χ4v) is 3.96. The van der Waals surface area contributed by atoms with Gasteiger partial charge in [-0.1, -0.05) is 12.8 Å². The maximum absolute atomic E-state index is 12.9. The summed E-state index contributed by atoms with van der Waals surface area (Å²) in [6, 6.07) is 4.92. The average molecular weight is 331 g/mol. The summed E-state index contributed by atoms with van der Waals surface area (Å²) < 4.78 is 0. The van der Waals surface area contributed by atoms with E-state index in [9.17, 15) is 19.5 Å². The van der Waals surface area contributed by atoms with Crippen LogP contribution >= 0.6 is 0 Å². The number of nitrogens with zero attached hydrogens (tertiary/aromatic N) is 1. The maximum atomic E-state index is 12.9. The smallest absolute Gasteiger partial charge is 0.326 e. The first-order valence-electron chi connectivity index (χ1n) is 8.19. The lowest BCUT2D eigenvalue weighted by Gasteiger charge is -2.33. The molecule has 3 rings (SSSR count). The summed E-state index contributed by atoms with van der Waals surface area (Å²) in [5.41, 5.74) is 5.97. The average Bonchev–Trinajstić information content (AvgIpc) is 2.94. The van der Waals surface area contributed by atoms with Crippen molar-refractivity contribution in [2.24, 2.45) is 11.7 Å². The normalized spacial score (nSPS) is 25.8. The maximum Gasteiger partial charge on any atom is 0.326 e. The van der Waals surface area contributed by atoms with Gasteiger partial charge in [0.05, 0.1) is 0 Å². The lowest BCUT2D eigenvalue weighted by Crippen LogP contribution is -2.46. The molecule has 7 heteroatoms. The van der Waals surface area contributed by atoms with Crippen molar-refractivity contribution < 1.29 is 19.5 Å². The Labute approximate surface area is 139 Å². The molecule has 128 valence electrons. The summed E-state index contributed by atoms with van der Waals surface area (Å²) in [4.78, 5) is 36.9. The standard InChI is InChI=1S/C17H21N3O4/c18-17(24)19-12-7-5-10(6-8-12)15(21)20-13-4-2-1-3-11(13)9-14(20)16(22)23/h5-8,11,13-14H,1-4,9H2,(H,22,23)(H3,18,19,24). The third-order valence-electron chi connectivity index (χ3n) is 5.01. The van der Waals surface area contributed by atoms with Crippen LogP contribution in [0.2, 0.25) is 0 Å². The molecule has 1 aromatic carbocycles. The van der Waals surface area contributed by atoms with Crippen molar-refractivity contribution >= 4 is 23.6 Å². The zero-order valence-corrected chi connectivity index (χ0v) is 13.3. The molecule has 7 nitrogen and oxygen atoms in total. The SMILES string of the molecule is NC(=O)Nc1ccc(C(=O)N2C(C(=O)O)CC3CCCCC32)cc1. The summed E-state index contributed by atoms with van der Waals surface area (Å²) in [6.07, 6.45) is 4.51. The summed E-state index contributed by atoms with van der Waals surface area (Å²) in [5.74, 6) is -0.924. The molecule has 2 fully saturated rings.